The predicted molar refractivity (Wildman–Crippen MR) is 66.3 cm³/mol. The van der Waals surface area contributed by atoms with E-state index >= 15 is 0 Å². The molecule has 1 aliphatic carbocycles. The van der Waals surface area contributed by atoms with E-state index in [9.17, 15) is 4.79 Å². The van der Waals surface area contributed by atoms with E-state index in [0.717, 1.165) is 24.1 Å². The van der Waals surface area contributed by atoms with E-state index in [0.29, 0.717) is 12.6 Å². The molecule has 0 aromatic heterocycles. The number of nitrogens with two attached hydrogens (primary N) is 1. The molecule has 0 atom stereocenters. The number of nitrogens with zero attached hydrogens (tertiary/aromatic N) is 1. The third kappa shape index (κ3) is 3.20. The summed E-state index contributed by atoms with van der Waals surface area (Å²) in [4.78, 5) is 13.8. The van der Waals surface area contributed by atoms with E-state index in [1.165, 1.54) is 0 Å². The van der Waals surface area contributed by atoms with Crippen LogP contribution in [0, 0.1) is 0 Å². The first-order valence-electron chi connectivity index (χ1n) is 5.83. The predicted octanol–water partition coefficient (Wildman–Crippen LogP) is 1.41. The van der Waals surface area contributed by atoms with Crippen LogP contribution in [-0.4, -0.2) is 30.6 Å². The second-order valence-corrected chi connectivity index (χ2v) is 4.43. The monoisotopic (exact) mass is 234 g/mol. The van der Waals surface area contributed by atoms with E-state index in [1.807, 2.05) is 29.2 Å². The molecule has 1 aromatic carbocycles. The summed E-state index contributed by atoms with van der Waals surface area (Å²) < 4.78 is 4.91. The Bertz CT molecular complexity index is 402. The first-order valence-corrected chi connectivity index (χ1v) is 5.83. The zero-order valence-corrected chi connectivity index (χ0v) is 10.1. The summed E-state index contributed by atoms with van der Waals surface area (Å²) in [5, 5.41) is 0. The number of hydrogen-bond donors (Lipinski definition) is 1. The third-order valence-electron chi connectivity index (χ3n) is 2.88. The molecule has 0 saturated heterocycles. The minimum absolute atomic E-state index is 0.0532. The van der Waals surface area contributed by atoms with Gasteiger partial charge in [-0.05, 0) is 30.5 Å². The Balaban J connectivity index is 2.05. The number of methoxy groups -OCH3 is 1. The van der Waals surface area contributed by atoms with Crippen LogP contribution >= 0.6 is 0 Å². The van der Waals surface area contributed by atoms with Crippen LogP contribution in [0.1, 0.15) is 18.4 Å². The quantitative estimate of drug-likeness (QED) is 0.784. The van der Waals surface area contributed by atoms with Gasteiger partial charge in [-0.25, -0.2) is 0 Å². The molecule has 1 amide bonds. The van der Waals surface area contributed by atoms with Gasteiger partial charge in [0.15, 0.2) is 0 Å². The van der Waals surface area contributed by atoms with Gasteiger partial charge in [-0.3, -0.25) is 4.79 Å². The molecule has 4 heteroatoms. The van der Waals surface area contributed by atoms with Crippen molar-refractivity contribution < 1.29 is 9.53 Å². The summed E-state index contributed by atoms with van der Waals surface area (Å²) in [7, 11) is 1.55. The van der Waals surface area contributed by atoms with Crippen LogP contribution < -0.4 is 5.73 Å². The third-order valence-corrected chi connectivity index (χ3v) is 2.88. The fourth-order valence-electron chi connectivity index (χ4n) is 1.90. The Kier molecular flexibility index (Phi) is 3.64. The fourth-order valence-corrected chi connectivity index (χ4v) is 1.90. The zero-order chi connectivity index (χ0) is 12.3. The molecule has 4 nitrogen and oxygen atoms in total. The van der Waals surface area contributed by atoms with Crippen LogP contribution in [0.4, 0.5) is 5.69 Å². The minimum atomic E-state index is 0.0532. The number of rotatable bonds is 5. The number of amides is 1. The van der Waals surface area contributed by atoms with E-state index in [4.69, 9.17) is 10.5 Å². The normalized spacial score (nSPS) is 14.6. The lowest BCUT2D eigenvalue weighted by molar-refractivity contribution is -0.136. The molecule has 1 aliphatic rings. The smallest absolute Gasteiger partial charge is 0.249 e. The van der Waals surface area contributed by atoms with Crippen molar-refractivity contribution in [1.29, 1.82) is 0 Å². The zero-order valence-electron chi connectivity index (χ0n) is 10.1. The maximum atomic E-state index is 11.9. The van der Waals surface area contributed by atoms with Gasteiger partial charge in [0.2, 0.25) is 5.91 Å². The average Bonchev–Trinajstić information content (AvgIpc) is 3.10. The van der Waals surface area contributed by atoms with Crippen molar-refractivity contribution in [3.05, 3.63) is 29.8 Å². The van der Waals surface area contributed by atoms with Crippen LogP contribution in [0.5, 0.6) is 0 Å². The highest BCUT2D eigenvalue weighted by Gasteiger charge is 2.32. The Morgan fingerprint density at radius 2 is 2.29 bits per heavy atom. The summed E-state index contributed by atoms with van der Waals surface area (Å²) in [6, 6.07) is 8.05. The lowest BCUT2D eigenvalue weighted by Gasteiger charge is -2.22. The molecular formula is C13H18N2O2. The summed E-state index contributed by atoms with van der Waals surface area (Å²) in [6.07, 6.45) is 2.19. The van der Waals surface area contributed by atoms with E-state index in [1.54, 1.807) is 7.11 Å². The molecule has 0 aliphatic heterocycles. The molecule has 0 heterocycles. The van der Waals surface area contributed by atoms with Crippen LogP contribution in [0.2, 0.25) is 0 Å². The molecule has 17 heavy (non-hydrogen) atoms. The molecule has 92 valence electrons. The lowest BCUT2D eigenvalue weighted by Crippen LogP contribution is -2.35. The summed E-state index contributed by atoms with van der Waals surface area (Å²) in [6.45, 7) is 0.775. The number of carbonyl (C=O) groups excluding carboxylic acids is 1. The van der Waals surface area contributed by atoms with E-state index < -0.39 is 0 Å². The van der Waals surface area contributed by atoms with Gasteiger partial charge in [0.1, 0.15) is 6.61 Å². The maximum absolute atomic E-state index is 11.9. The number of anilines is 1. The van der Waals surface area contributed by atoms with Gasteiger partial charge in [0, 0.05) is 25.4 Å². The van der Waals surface area contributed by atoms with E-state index in [2.05, 4.69) is 0 Å². The Labute approximate surface area is 101 Å². The van der Waals surface area contributed by atoms with Gasteiger partial charge in [0.05, 0.1) is 0 Å². The van der Waals surface area contributed by atoms with Crippen LogP contribution in [0.15, 0.2) is 24.3 Å². The first kappa shape index (κ1) is 11.9. The highest BCUT2D eigenvalue weighted by molar-refractivity contribution is 5.78. The second-order valence-electron chi connectivity index (χ2n) is 4.43. The topological polar surface area (TPSA) is 55.6 Å². The standard InChI is InChI=1S/C13H18N2O2/c1-17-9-13(16)15(12-5-6-12)8-10-3-2-4-11(14)7-10/h2-4,7,12H,5-6,8-9,14H2,1H3. The molecule has 0 bridgehead atoms. The maximum Gasteiger partial charge on any atom is 0.249 e. The molecule has 1 aromatic rings. The van der Waals surface area contributed by atoms with Crippen LogP contribution in [-0.2, 0) is 16.1 Å². The van der Waals surface area contributed by atoms with Crippen molar-refractivity contribution in [1.82, 2.24) is 4.90 Å². The van der Waals surface area contributed by atoms with Crippen molar-refractivity contribution in [2.75, 3.05) is 19.5 Å². The van der Waals surface area contributed by atoms with Gasteiger partial charge >= 0.3 is 0 Å². The molecular weight excluding hydrogens is 216 g/mol. The molecule has 2 rings (SSSR count). The van der Waals surface area contributed by atoms with Crippen LogP contribution in [0.3, 0.4) is 0 Å². The van der Waals surface area contributed by atoms with Gasteiger partial charge in [0.25, 0.3) is 0 Å². The molecule has 0 unspecified atom stereocenters. The molecule has 0 radical (unpaired) electrons. The molecule has 1 saturated carbocycles. The fraction of sp³-hybridized carbons (Fsp3) is 0.462. The van der Waals surface area contributed by atoms with Gasteiger partial charge in [-0.2, -0.15) is 0 Å². The van der Waals surface area contributed by atoms with Gasteiger partial charge < -0.3 is 15.4 Å². The lowest BCUT2D eigenvalue weighted by atomic mass is 10.2. The summed E-state index contributed by atoms with van der Waals surface area (Å²) in [5.74, 6) is 0.0532. The van der Waals surface area contributed by atoms with Gasteiger partial charge in [-0.1, -0.05) is 12.1 Å². The van der Waals surface area contributed by atoms with Crippen molar-refractivity contribution in [3.8, 4) is 0 Å². The molecule has 2 N–H and O–H groups in total. The SMILES string of the molecule is COCC(=O)N(Cc1cccc(N)c1)C1CC1. The van der Waals surface area contributed by atoms with Crippen molar-refractivity contribution in [2.45, 2.75) is 25.4 Å². The number of hydrogen-bond acceptors (Lipinski definition) is 3. The average molecular weight is 234 g/mol. The van der Waals surface area contributed by atoms with Crippen molar-refractivity contribution >= 4 is 11.6 Å². The Morgan fingerprint density at radius 1 is 1.53 bits per heavy atom. The molecule has 0 spiro atoms. The summed E-state index contributed by atoms with van der Waals surface area (Å²) >= 11 is 0. The summed E-state index contributed by atoms with van der Waals surface area (Å²) in [5.41, 5.74) is 7.54. The van der Waals surface area contributed by atoms with Crippen molar-refractivity contribution in [2.24, 2.45) is 0 Å². The first-order chi connectivity index (χ1) is 8.20. The van der Waals surface area contributed by atoms with Crippen LogP contribution in [0.25, 0.3) is 0 Å². The Hall–Kier alpha value is -1.55. The highest BCUT2D eigenvalue weighted by atomic mass is 16.5. The number of benzene rings is 1. The van der Waals surface area contributed by atoms with E-state index in [-0.39, 0.29) is 12.5 Å². The highest BCUT2D eigenvalue weighted by Crippen LogP contribution is 2.28. The number of ether oxygens (including phenoxy) is 1. The van der Waals surface area contributed by atoms with Gasteiger partial charge in [-0.15, -0.1) is 0 Å². The minimum Gasteiger partial charge on any atom is -0.399 e. The molecule has 1 fully saturated rings. The largest absolute Gasteiger partial charge is 0.399 e. The second kappa shape index (κ2) is 5.19. The number of nitrogen functional groups attached to an aromatic ring is 1. The number of carbonyl (C=O) groups is 1. The van der Waals surface area contributed by atoms with Crippen molar-refractivity contribution in [3.63, 3.8) is 0 Å². The Morgan fingerprint density at radius 3 is 2.88 bits per heavy atom.